The van der Waals surface area contributed by atoms with Gasteiger partial charge < -0.3 is 14.8 Å². The lowest BCUT2D eigenvalue weighted by Gasteiger charge is -2.27. The number of anilines is 1. The topological polar surface area (TPSA) is 95.7 Å². The number of aryl methyl sites for hydroxylation is 1. The molecular formula is C18H25N3O4S. The molecule has 0 aromatic carbocycles. The van der Waals surface area contributed by atoms with Crippen molar-refractivity contribution in [1.82, 2.24) is 9.29 Å². The molecule has 1 fully saturated rings. The highest BCUT2D eigenvalue weighted by Crippen LogP contribution is 2.27. The predicted octanol–water partition coefficient (Wildman–Crippen LogP) is 2.48. The Bertz CT molecular complexity index is 855. The molecule has 3 rings (SSSR count). The Morgan fingerprint density at radius 3 is 2.65 bits per heavy atom. The maximum Gasteiger partial charge on any atom is 0.246 e. The lowest BCUT2D eigenvalue weighted by atomic mass is 10.0. The molecule has 0 aliphatic carbocycles. The van der Waals surface area contributed by atoms with Crippen LogP contribution in [0.15, 0.2) is 39.8 Å². The van der Waals surface area contributed by atoms with Crippen LogP contribution in [0.3, 0.4) is 0 Å². The third kappa shape index (κ3) is 3.92. The summed E-state index contributed by atoms with van der Waals surface area (Å²) < 4.78 is 32.9. The number of rotatable bonds is 6. The zero-order valence-corrected chi connectivity index (χ0v) is 15.9. The van der Waals surface area contributed by atoms with Gasteiger partial charge in [0.2, 0.25) is 10.0 Å². The summed E-state index contributed by atoms with van der Waals surface area (Å²) in [6, 6.07) is 6.64. The van der Waals surface area contributed by atoms with Gasteiger partial charge in [-0.1, -0.05) is 6.42 Å². The van der Waals surface area contributed by atoms with Gasteiger partial charge in [0.25, 0.3) is 0 Å². The molecule has 1 saturated heterocycles. The largest absolute Gasteiger partial charge is 0.463 e. The van der Waals surface area contributed by atoms with E-state index in [0.717, 1.165) is 19.3 Å². The number of hydrogen-bond donors (Lipinski definition) is 2. The van der Waals surface area contributed by atoms with E-state index < -0.39 is 15.6 Å². The Balaban J connectivity index is 1.81. The molecule has 2 aromatic heterocycles. The number of hydrogen-bond acceptors (Lipinski definition) is 6. The van der Waals surface area contributed by atoms with Gasteiger partial charge in [-0.3, -0.25) is 0 Å². The van der Waals surface area contributed by atoms with E-state index in [1.165, 1.54) is 10.5 Å². The fourth-order valence-electron chi connectivity index (χ4n) is 3.04. The number of furan rings is 1. The minimum absolute atomic E-state index is 0.0689. The first-order chi connectivity index (χ1) is 12.3. The van der Waals surface area contributed by atoms with E-state index in [2.05, 4.69) is 10.3 Å². The summed E-state index contributed by atoms with van der Waals surface area (Å²) in [4.78, 5) is 4.32. The third-order valence-electron chi connectivity index (χ3n) is 4.57. The molecule has 1 unspecified atom stereocenters. The van der Waals surface area contributed by atoms with E-state index in [1.54, 1.807) is 38.1 Å². The van der Waals surface area contributed by atoms with Gasteiger partial charge in [-0.25, -0.2) is 13.4 Å². The molecule has 0 radical (unpaired) electrons. The predicted molar refractivity (Wildman–Crippen MR) is 98.4 cm³/mol. The van der Waals surface area contributed by atoms with Crippen LogP contribution in [0, 0.1) is 6.92 Å². The molecule has 0 bridgehead atoms. The number of piperidine rings is 1. The van der Waals surface area contributed by atoms with Gasteiger partial charge in [-0.2, -0.15) is 4.31 Å². The molecule has 3 heterocycles. The smallest absolute Gasteiger partial charge is 0.246 e. The number of aromatic nitrogens is 1. The molecule has 0 amide bonds. The minimum atomic E-state index is -3.62. The van der Waals surface area contributed by atoms with Crippen LogP contribution in [-0.2, 0) is 15.6 Å². The Labute approximate surface area is 154 Å². The third-order valence-corrected chi connectivity index (χ3v) is 6.51. The summed E-state index contributed by atoms with van der Waals surface area (Å²) in [6.45, 7) is 4.54. The van der Waals surface area contributed by atoms with Crippen molar-refractivity contribution in [3.63, 3.8) is 0 Å². The average Bonchev–Trinajstić information content (AvgIpc) is 3.08. The van der Waals surface area contributed by atoms with Crippen LogP contribution >= 0.6 is 0 Å². The molecular weight excluding hydrogens is 354 g/mol. The summed E-state index contributed by atoms with van der Waals surface area (Å²) in [5.41, 5.74) is -1.29. The van der Waals surface area contributed by atoms with Crippen LogP contribution < -0.4 is 5.32 Å². The summed E-state index contributed by atoms with van der Waals surface area (Å²) in [6.07, 6.45) is 4.32. The van der Waals surface area contributed by atoms with Crippen LogP contribution in [-0.4, -0.2) is 42.4 Å². The second-order valence-electron chi connectivity index (χ2n) is 6.85. The van der Waals surface area contributed by atoms with Gasteiger partial charge in [0.05, 0.1) is 6.54 Å². The minimum Gasteiger partial charge on any atom is -0.463 e. The van der Waals surface area contributed by atoms with Crippen LogP contribution in [0.1, 0.15) is 37.7 Å². The molecule has 142 valence electrons. The number of nitrogens with one attached hydrogen (secondary N) is 1. The van der Waals surface area contributed by atoms with Crippen molar-refractivity contribution in [2.45, 2.75) is 43.6 Å². The lowest BCUT2D eigenvalue weighted by Crippen LogP contribution is -2.36. The van der Waals surface area contributed by atoms with Crippen LogP contribution in [0.5, 0.6) is 0 Å². The van der Waals surface area contributed by atoms with Gasteiger partial charge in [0.15, 0.2) is 0 Å². The van der Waals surface area contributed by atoms with Crippen molar-refractivity contribution >= 4 is 15.8 Å². The van der Waals surface area contributed by atoms with Crippen LogP contribution in [0.4, 0.5) is 5.82 Å². The lowest BCUT2D eigenvalue weighted by molar-refractivity contribution is 0.0467. The zero-order valence-electron chi connectivity index (χ0n) is 15.1. The normalized spacial score (nSPS) is 18.4. The highest BCUT2D eigenvalue weighted by Gasteiger charge is 2.31. The highest BCUT2D eigenvalue weighted by molar-refractivity contribution is 7.89. The number of pyridine rings is 1. The number of sulfonamides is 1. The molecule has 8 heteroatoms. The molecule has 2 N–H and O–H groups in total. The maximum absolute atomic E-state index is 13.0. The Morgan fingerprint density at radius 1 is 1.27 bits per heavy atom. The fraction of sp³-hybridized carbons (Fsp3) is 0.500. The second-order valence-corrected chi connectivity index (χ2v) is 8.76. The van der Waals surface area contributed by atoms with E-state index in [0.29, 0.717) is 24.6 Å². The van der Waals surface area contributed by atoms with E-state index in [-0.39, 0.29) is 17.3 Å². The zero-order chi connectivity index (χ0) is 18.8. The Morgan fingerprint density at radius 2 is 2.00 bits per heavy atom. The number of aliphatic hydroxyl groups is 1. The molecule has 1 aliphatic rings. The van der Waals surface area contributed by atoms with Gasteiger partial charge >= 0.3 is 0 Å². The van der Waals surface area contributed by atoms with Crippen LogP contribution in [0.2, 0.25) is 0 Å². The molecule has 1 aliphatic heterocycles. The van der Waals surface area contributed by atoms with E-state index in [1.807, 2.05) is 0 Å². The molecule has 0 spiro atoms. The van der Waals surface area contributed by atoms with E-state index in [9.17, 15) is 13.5 Å². The molecule has 7 nitrogen and oxygen atoms in total. The summed E-state index contributed by atoms with van der Waals surface area (Å²) >= 11 is 0. The van der Waals surface area contributed by atoms with Crippen molar-refractivity contribution < 1.29 is 17.9 Å². The SMILES string of the molecule is Cc1ccc(C(C)(O)CNc2ncccc2S(=O)(=O)N2CCCCC2)o1. The maximum atomic E-state index is 13.0. The van der Waals surface area contributed by atoms with Crippen molar-refractivity contribution in [2.24, 2.45) is 0 Å². The van der Waals surface area contributed by atoms with Crippen molar-refractivity contribution in [2.75, 3.05) is 25.0 Å². The standard InChI is InChI=1S/C18H25N3O4S/c1-14-8-9-16(25-14)18(2,22)13-20-17-15(7-6-10-19-17)26(23,24)21-11-4-3-5-12-21/h6-10,22H,3-5,11-13H2,1-2H3,(H,19,20). The Kier molecular flexibility index (Phi) is 5.36. The summed E-state index contributed by atoms with van der Waals surface area (Å²) in [5, 5.41) is 13.6. The Hall–Kier alpha value is -1.90. The monoisotopic (exact) mass is 379 g/mol. The molecule has 1 atom stereocenters. The van der Waals surface area contributed by atoms with Crippen molar-refractivity contribution in [1.29, 1.82) is 0 Å². The first-order valence-electron chi connectivity index (χ1n) is 8.79. The second kappa shape index (κ2) is 7.38. The first kappa shape index (κ1) is 18.9. The van der Waals surface area contributed by atoms with Gasteiger partial charge in [-0.15, -0.1) is 0 Å². The van der Waals surface area contributed by atoms with Gasteiger partial charge in [-0.05, 0) is 51.0 Å². The van der Waals surface area contributed by atoms with Gasteiger partial charge in [0.1, 0.15) is 27.8 Å². The highest BCUT2D eigenvalue weighted by atomic mass is 32.2. The molecule has 2 aromatic rings. The molecule has 0 saturated carbocycles. The van der Waals surface area contributed by atoms with Crippen molar-refractivity contribution in [3.05, 3.63) is 42.0 Å². The van der Waals surface area contributed by atoms with Gasteiger partial charge in [0, 0.05) is 19.3 Å². The van der Waals surface area contributed by atoms with Crippen molar-refractivity contribution in [3.8, 4) is 0 Å². The van der Waals surface area contributed by atoms with Crippen LogP contribution in [0.25, 0.3) is 0 Å². The average molecular weight is 379 g/mol. The summed E-state index contributed by atoms with van der Waals surface area (Å²) in [7, 11) is -3.62. The molecule has 26 heavy (non-hydrogen) atoms. The van der Waals surface area contributed by atoms with E-state index in [4.69, 9.17) is 4.42 Å². The first-order valence-corrected chi connectivity index (χ1v) is 10.2. The fourth-order valence-corrected chi connectivity index (χ4v) is 4.68. The van der Waals surface area contributed by atoms with E-state index >= 15 is 0 Å². The number of nitrogens with zero attached hydrogens (tertiary/aromatic N) is 2. The summed E-state index contributed by atoms with van der Waals surface area (Å²) in [5.74, 6) is 1.35. The quantitative estimate of drug-likeness (QED) is 0.800.